The van der Waals surface area contributed by atoms with Gasteiger partial charge in [-0.1, -0.05) is 30.3 Å². The Labute approximate surface area is 179 Å². The normalized spacial score (nSPS) is 14.2. The lowest BCUT2D eigenvalue weighted by atomic mass is 10.0. The number of aryl methyl sites for hydroxylation is 1. The third-order valence-corrected chi connectivity index (χ3v) is 8.19. The molecule has 0 atom stereocenters. The van der Waals surface area contributed by atoms with E-state index in [9.17, 15) is 25.6 Å². The summed E-state index contributed by atoms with van der Waals surface area (Å²) in [6, 6.07) is 15.1. The molecule has 1 aliphatic heterocycles. The van der Waals surface area contributed by atoms with Crippen LogP contribution in [0.3, 0.4) is 0 Å². The Bertz CT molecular complexity index is 1320. The number of benzene rings is 3. The van der Waals surface area contributed by atoms with E-state index >= 15 is 0 Å². The average molecular weight is 465 g/mol. The van der Waals surface area contributed by atoms with Crippen LogP contribution < -0.4 is 9.03 Å². The molecule has 0 amide bonds. The molecule has 0 saturated carbocycles. The highest BCUT2D eigenvalue weighted by Gasteiger charge is 2.30. The van der Waals surface area contributed by atoms with E-state index in [1.54, 1.807) is 24.3 Å². The molecule has 0 saturated heterocycles. The monoisotopic (exact) mass is 464 g/mol. The van der Waals surface area contributed by atoms with Crippen LogP contribution in [0.15, 0.2) is 76.5 Å². The summed E-state index contributed by atoms with van der Waals surface area (Å²) in [5.41, 5.74) is 1.05. The molecule has 0 aliphatic carbocycles. The van der Waals surface area contributed by atoms with E-state index in [0.29, 0.717) is 18.5 Å². The molecule has 0 aromatic heterocycles. The standard InChI is InChI=1S/C21H18F2N2O4S2/c22-18-9-4-10-19(23)21(18)30(26,27)24-16-12-11-15-6-5-13-25(20(15)14-16)31(28,29)17-7-2-1-3-8-17/h1-4,7-12,14,24H,5-6,13H2. The van der Waals surface area contributed by atoms with Crippen LogP contribution in [0.5, 0.6) is 0 Å². The Morgan fingerprint density at radius 2 is 1.52 bits per heavy atom. The highest BCUT2D eigenvalue weighted by atomic mass is 32.2. The lowest BCUT2D eigenvalue weighted by Crippen LogP contribution is -2.35. The molecule has 6 nitrogen and oxygen atoms in total. The molecule has 0 bridgehead atoms. The molecule has 4 rings (SSSR count). The summed E-state index contributed by atoms with van der Waals surface area (Å²) < 4.78 is 82.8. The van der Waals surface area contributed by atoms with Crippen molar-refractivity contribution in [3.63, 3.8) is 0 Å². The minimum absolute atomic E-state index is 0.00318. The Balaban J connectivity index is 1.74. The van der Waals surface area contributed by atoms with Crippen molar-refractivity contribution >= 4 is 31.4 Å². The van der Waals surface area contributed by atoms with Crippen molar-refractivity contribution in [3.05, 3.63) is 83.9 Å². The van der Waals surface area contributed by atoms with Crippen molar-refractivity contribution in [2.75, 3.05) is 15.6 Å². The number of halogens is 2. The first-order valence-corrected chi connectivity index (χ1v) is 12.3. The fraction of sp³-hybridized carbons (Fsp3) is 0.143. The quantitative estimate of drug-likeness (QED) is 0.621. The molecule has 0 radical (unpaired) electrons. The number of nitrogens with one attached hydrogen (secondary N) is 1. The SMILES string of the molecule is O=S(=O)(Nc1ccc2c(c1)N(S(=O)(=O)c1ccccc1)CCC2)c1c(F)cccc1F. The number of hydrogen-bond acceptors (Lipinski definition) is 4. The fourth-order valence-corrected chi connectivity index (χ4v) is 6.26. The summed E-state index contributed by atoms with van der Waals surface area (Å²) in [4.78, 5) is -0.983. The molecule has 1 N–H and O–H groups in total. The van der Waals surface area contributed by atoms with Gasteiger partial charge in [-0.2, -0.15) is 0 Å². The molecular formula is C21H18F2N2O4S2. The average Bonchev–Trinajstić information content (AvgIpc) is 2.73. The van der Waals surface area contributed by atoms with Gasteiger partial charge in [0.05, 0.1) is 16.3 Å². The van der Waals surface area contributed by atoms with Crippen LogP contribution in [0.25, 0.3) is 0 Å². The van der Waals surface area contributed by atoms with Crippen molar-refractivity contribution in [1.29, 1.82) is 0 Å². The van der Waals surface area contributed by atoms with E-state index in [4.69, 9.17) is 0 Å². The molecule has 0 fully saturated rings. The zero-order valence-corrected chi connectivity index (χ0v) is 17.8. The van der Waals surface area contributed by atoms with E-state index in [0.717, 1.165) is 23.8 Å². The molecule has 0 unspecified atom stereocenters. The first-order valence-electron chi connectivity index (χ1n) is 9.38. The maximum atomic E-state index is 14.0. The summed E-state index contributed by atoms with van der Waals surface area (Å²) in [5.74, 6) is -2.45. The van der Waals surface area contributed by atoms with E-state index in [-0.39, 0.29) is 17.1 Å². The van der Waals surface area contributed by atoms with Crippen LogP contribution in [-0.4, -0.2) is 23.4 Å². The van der Waals surface area contributed by atoms with Crippen molar-refractivity contribution in [1.82, 2.24) is 0 Å². The summed E-state index contributed by atoms with van der Waals surface area (Å²) in [7, 11) is -8.44. The first-order chi connectivity index (χ1) is 14.7. The van der Waals surface area contributed by atoms with Gasteiger partial charge >= 0.3 is 0 Å². The van der Waals surface area contributed by atoms with Gasteiger partial charge in [-0.3, -0.25) is 9.03 Å². The van der Waals surface area contributed by atoms with Gasteiger partial charge in [-0.15, -0.1) is 0 Å². The summed E-state index contributed by atoms with van der Waals surface area (Å²) >= 11 is 0. The topological polar surface area (TPSA) is 83.6 Å². The lowest BCUT2D eigenvalue weighted by Gasteiger charge is -2.31. The van der Waals surface area contributed by atoms with Gasteiger partial charge in [0.15, 0.2) is 4.90 Å². The van der Waals surface area contributed by atoms with Crippen LogP contribution in [0.2, 0.25) is 0 Å². The Morgan fingerprint density at radius 1 is 0.839 bits per heavy atom. The summed E-state index contributed by atoms with van der Waals surface area (Å²) in [5, 5.41) is 0. The van der Waals surface area contributed by atoms with Gasteiger partial charge in [-0.25, -0.2) is 25.6 Å². The molecule has 1 heterocycles. The summed E-state index contributed by atoms with van der Waals surface area (Å²) in [6.45, 7) is 0.225. The van der Waals surface area contributed by atoms with Crippen LogP contribution in [0.4, 0.5) is 20.2 Å². The van der Waals surface area contributed by atoms with Crippen molar-refractivity contribution in [3.8, 4) is 0 Å². The largest absolute Gasteiger partial charge is 0.279 e. The van der Waals surface area contributed by atoms with Crippen LogP contribution in [-0.2, 0) is 26.5 Å². The third-order valence-electron chi connectivity index (χ3n) is 4.93. The minimum atomic E-state index is -4.57. The molecule has 162 valence electrons. The van der Waals surface area contributed by atoms with Gasteiger partial charge in [0.1, 0.15) is 11.6 Å². The van der Waals surface area contributed by atoms with Crippen LogP contribution >= 0.6 is 0 Å². The smallest absolute Gasteiger partial charge is 0.267 e. The maximum Gasteiger partial charge on any atom is 0.267 e. The second kappa shape index (κ2) is 7.93. The van der Waals surface area contributed by atoms with Crippen molar-refractivity contribution in [2.24, 2.45) is 0 Å². The Kier molecular flexibility index (Phi) is 5.44. The maximum absolute atomic E-state index is 14.0. The number of nitrogens with zero attached hydrogens (tertiary/aromatic N) is 1. The van der Waals surface area contributed by atoms with E-state index in [2.05, 4.69) is 4.72 Å². The van der Waals surface area contributed by atoms with E-state index in [1.807, 2.05) is 0 Å². The minimum Gasteiger partial charge on any atom is -0.279 e. The zero-order chi connectivity index (χ0) is 22.2. The van der Waals surface area contributed by atoms with E-state index < -0.39 is 36.6 Å². The third kappa shape index (κ3) is 4.00. The van der Waals surface area contributed by atoms with Gasteiger partial charge in [0.25, 0.3) is 20.0 Å². The van der Waals surface area contributed by atoms with Gasteiger partial charge in [0.2, 0.25) is 0 Å². The van der Waals surface area contributed by atoms with Crippen molar-refractivity contribution in [2.45, 2.75) is 22.6 Å². The highest BCUT2D eigenvalue weighted by molar-refractivity contribution is 7.93. The second-order valence-electron chi connectivity index (χ2n) is 6.99. The van der Waals surface area contributed by atoms with E-state index in [1.165, 1.54) is 28.6 Å². The van der Waals surface area contributed by atoms with Gasteiger partial charge in [0, 0.05) is 6.54 Å². The fourth-order valence-electron chi connectivity index (χ4n) is 3.52. The predicted octanol–water partition coefficient (Wildman–Crippen LogP) is 3.91. The number of sulfonamides is 2. The number of anilines is 2. The number of fused-ring (bicyclic) bond motifs is 1. The number of hydrogen-bond donors (Lipinski definition) is 1. The summed E-state index contributed by atoms with van der Waals surface area (Å²) in [6.07, 6.45) is 1.22. The molecule has 0 spiro atoms. The molecular weight excluding hydrogens is 446 g/mol. The number of rotatable bonds is 5. The lowest BCUT2D eigenvalue weighted by molar-refractivity contribution is 0.521. The molecule has 10 heteroatoms. The predicted molar refractivity (Wildman–Crippen MR) is 113 cm³/mol. The Morgan fingerprint density at radius 3 is 2.19 bits per heavy atom. The highest BCUT2D eigenvalue weighted by Crippen LogP contribution is 2.35. The molecule has 3 aromatic carbocycles. The van der Waals surface area contributed by atoms with Crippen LogP contribution in [0, 0.1) is 11.6 Å². The molecule has 1 aliphatic rings. The van der Waals surface area contributed by atoms with Crippen molar-refractivity contribution < 1.29 is 25.6 Å². The van der Waals surface area contributed by atoms with Gasteiger partial charge < -0.3 is 0 Å². The molecule has 31 heavy (non-hydrogen) atoms. The molecule has 3 aromatic rings. The van der Waals surface area contributed by atoms with Crippen LogP contribution in [0.1, 0.15) is 12.0 Å². The first kappa shape index (κ1) is 21.3. The van der Waals surface area contributed by atoms with Gasteiger partial charge in [-0.05, 0) is 54.8 Å². The second-order valence-corrected chi connectivity index (χ2v) is 10.5. The zero-order valence-electron chi connectivity index (χ0n) is 16.1. The Hall–Kier alpha value is -2.98.